The molecule has 1 aromatic rings. The lowest BCUT2D eigenvalue weighted by atomic mass is 10.1. The van der Waals surface area contributed by atoms with Gasteiger partial charge in [0.2, 0.25) is 0 Å². The van der Waals surface area contributed by atoms with Crippen LogP contribution in [0.4, 0.5) is 0 Å². The Hall–Kier alpha value is -0.910. The molecule has 2 rings (SSSR count). The molecule has 1 N–H and O–H groups in total. The third-order valence-electron chi connectivity index (χ3n) is 3.92. The van der Waals surface area contributed by atoms with Gasteiger partial charge >= 0.3 is 0 Å². The molecule has 0 aliphatic carbocycles. The molecule has 1 aliphatic heterocycles. The monoisotopic (exact) mass is 294 g/mol. The van der Waals surface area contributed by atoms with Crippen molar-refractivity contribution in [2.24, 2.45) is 0 Å². The van der Waals surface area contributed by atoms with Gasteiger partial charge in [-0.3, -0.25) is 9.80 Å². The minimum Gasteiger partial charge on any atom is -0.360 e. The molecular weight excluding hydrogens is 264 g/mol. The van der Waals surface area contributed by atoms with Crippen LogP contribution >= 0.6 is 0 Å². The molecule has 1 saturated heterocycles. The number of hydrogen-bond acceptors (Lipinski definition) is 5. The van der Waals surface area contributed by atoms with E-state index in [0.717, 1.165) is 50.7 Å². The topological polar surface area (TPSA) is 44.5 Å². The van der Waals surface area contributed by atoms with E-state index in [1.165, 1.54) is 0 Å². The molecule has 5 heteroatoms. The maximum atomic E-state index is 5.46. The smallest absolute Gasteiger partial charge is 0.151 e. The molecule has 1 aliphatic rings. The highest BCUT2D eigenvalue weighted by Crippen LogP contribution is 2.12. The first-order valence-corrected chi connectivity index (χ1v) is 7.99. The summed E-state index contributed by atoms with van der Waals surface area (Å²) in [6.45, 7) is 17.1. The second kappa shape index (κ2) is 6.90. The molecular formula is C16H30N4O. The summed E-state index contributed by atoms with van der Waals surface area (Å²) in [5.41, 5.74) is 1.09. The number of nitrogens with one attached hydrogen (secondary N) is 1. The third kappa shape index (κ3) is 5.41. The van der Waals surface area contributed by atoms with Gasteiger partial charge in [0.05, 0.1) is 12.2 Å². The number of nitrogens with zero attached hydrogens (tertiary/aromatic N) is 3. The van der Waals surface area contributed by atoms with Crippen LogP contribution in [0.15, 0.2) is 10.6 Å². The van der Waals surface area contributed by atoms with E-state index in [-0.39, 0.29) is 5.54 Å². The minimum atomic E-state index is 0.103. The van der Waals surface area contributed by atoms with E-state index in [1.54, 1.807) is 0 Å². The van der Waals surface area contributed by atoms with Gasteiger partial charge in [-0.05, 0) is 34.6 Å². The first-order chi connectivity index (χ1) is 9.83. The molecule has 1 aromatic heterocycles. The van der Waals surface area contributed by atoms with Gasteiger partial charge in [-0.25, -0.2) is 0 Å². The van der Waals surface area contributed by atoms with Gasteiger partial charge in [-0.1, -0.05) is 5.16 Å². The van der Waals surface area contributed by atoms with Crippen LogP contribution in [0, 0.1) is 0 Å². The molecule has 0 saturated carbocycles. The van der Waals surface area contributed by atoms with Crippen molar-refractivity contribution < 1.29 is 4.52 Å². The SMILES string of the molecule is CC(C)N1CCN(Cc2cc(CNC(C)(C)C)no2)CC1. The first-order valence-electron chi connectivity index (χ1n) is 7.99. The van der Waals surface area contributed by atoms with Crippen LogP contribution in [0.25, 0.3) is 0 Å². The van der Waals surface area contributed by atoms with Crippen LogP contribution in [0.3, 0.4) is 0 Å². The van der Waals surface area contributed by atoms with Gasteiger partial charge in [0.15, 0.2) is 5.76 Å². The number of rotatable bonds is 5. The summed E-state index contributed by atoms with van der Waals surface area (Å²) in [5, 5.41) is 7.58. The zero-order valence-corrected chi connectivity index (χ0v) is 14.1. The van der Waals surface area contributed by atoms with Crippen molar-refractivity contribution in [1.29, 1.82) is 0 Å². The zero-order chi connectivity index (χ0) is 15.5. The van der Waals surface area contributed by atoms with Crippen molar-refractivity contribution in [3.8, 4) is 0 Å². The summed E-state index contributed by atoms with van der Waals surface area (Å²) in [7, 11) is 0. The summed E-state index contributed by atoms with van der Waals surface area (Å²) in [6, 6.07) is 2.72. The summed E-state index contributed by atoms with van der Waals surface area (Å²) in [6.07, 6.45) is 0. The lowest BCUT2D eigenvalue weighted by Gasteiger charge is -2.36. The van der Waals surface area contributed by atoms with Gasteiger partial charge in [0.25, 0.3) is 0 Å². The molecule has 0 atom stereocenters. The highest BCUT2D eigenvalue weighted by atomic mass is 16.5. The van der Waals surface area contributed by atoms with E-state index in [2.05, 4.69) is 61.0 Å². The standard InChI is InChI=1S/C16H30N4O/c1-13(2)20-8-6-19(7-9-20)12-15-10-14(18-21-15)11-17-16(3,4)5/h10,13,17H,6-9,11-12H2,1-5H3. The van der Waals surface area contributed by atoms with E-state index in [0.29, 0.717) is 6.04 Å². The van der Waals surface area contributed by atoms with Crippen LogP contribution in [-0.2, 0) is 13.1 Å². The fourth-order valence-corrected chi connectivity index (χ4v) is 2.53. The first kappa shape index (κ1) is 16.5. The van der Waals surface area contributed by atoms with Gasteiger partial charge in [0.1, 0.15) is 0 Å². The number of piperazine rings is 1. The van der Waals surface area contributed by atoms with Crippen LogP contribution in [0.2, 0.25) is 0 Å². The zero-order valence-electron chi connectivity index (χ0n) is 14.1. The molecule has 21 heavy (non-hydrogen) atoms. The predicted octanol–water partition coefficient (Wildman–Crippen LogP) is 2.09. The van der Waals surface area contributed by atoms with Crippen LogP contribution in [0.5, 0.6) is 0 Å². The molecule has 0 amide bonds. The van der Waals surface area contributed by atoms with Crippen LogP contribution in [0.1, 0.15) is 46.1 Å². The number of aromatic nitrogens is 1. The van der Waals surface area contributed by atoms with Gasteiger partial charge in [0, 0.05) is 50.4 Å². The van der Waals surface area contributed by atoms with Crippen LogP contribution in [-0.4, -0.2) is 52.7 Å². The molecule has 1 fully saturated rings. The Bertz CT molecular complexity index is 428. The van der Waals surface area contributed by atoms with Crippen molar-refractivity contribution in [3.05, 3.63) is 17.5 Å². The second-order valence-corrected chi connectivity index (χ2v) is 7.29. The molecule has 120 valence electrons. The van der Waals surface area contributed by atoms with E-state index >= 15 is 0 Å². The van der Waals surface area contributed by atoms with Gasteiger partial charge in [-0.2, -0.15) is 0 Å². The van der Waals surface area contributed by atoms with Gasteiger partial charge in [-0.15, -0.1) is 0 Å². The summed E-state index contributed by atoms with van der Waals surface area (Å²) < 4.78 is 5.46. The Morgan fingerprint density at radius 2 is 1.90 bits per heavy atom. The molecule has 0 bridgehead atoms. The molecule has 5 nitrogen and oxygen atoms in total. The minimum absolute atomic E-state index is 0.103. The molecule has 0 spiro atoms. The summed E-state index contributed by atoms with van der Waals surface area (Å²) in [5.74, 6) is 0.971. The lowest BCUT2D eigenvalue weighted by Crippen LogP contribution is -2.48. The predicted molar refractivity (Wildman–Crippen MR) is 85.1 cm³/mol. The Labute approximate surface area is 128 Å². The van der Waals surface area contributed by atoms with Crippen molar-refractivity contribution >= 4 is 0 Å². The highest BCUT2D eigenvalue weighted by molar-refractivity contribution is 5.05. The summed E-state index contributed by atoms with van der Waals surface area (Å²) >= 11 is 0. The lowest BCUT2D eigenvalue weighted by molar-refractivity contribution is 0.0973. The maximum absolute atomic E-state index is 5.46. The Balaban J connectivity index is 1.78. The van der Waals surface area contributed by atoms with E-state index in [4.69, 9.17) is 4.52 Å². The molecule has 0 radical (unpaired) electrons. The van der Waals surface area contributed by atoms with Gasteiger partial charge < -0.3 is 9.84 Å². The fourth-order valence-electron chi connectivity index (χ4n) is 2.53. The Morgan fingerprint density at radius 1 is 1.24 bits per heavy atom. The normalized spacial score (nSPS) is 18.6. The average molecular weight is 294 g/mol. The quantitative estimate of drug-likeness (QED) is 0.901. The van der Waals surface area contributed by atoms with E-state index in [1.807, 2.05) is 0 Å². The Kier molecular flexibility index (Phi) is 5.41. The second-order valence-electron chi connectivity index (χ2n) is 7.29. The van der Waals surface area contributed by atoms with Crippen molar-refractivity contribution in [2.75, 3.05) is 26.2 Å². The fraction of sp³-hybridized carbons (Fsp3) is 0.812. The van der Waals surface area contributed by atoms with Crippen molar-refractivity contribution in [3.63, 3.8) is 0 Å². The average Bonchev–Trinajstić information content (AvgIpc) is 2.84. The van der Waals surface area contributed by atoms with Crippen LogP contribution < -0.4 is 5.32 Å². The molecule has 2 heterocycles. The van der Waals surface area contributed by atoms with Crippen molar-refractivity contribution in [2.45, 2.75) is 59.3 Å². The Morgan fingerprint density at radius 3 is 2.48 bits per heavy atom. The van der Waals surface area contributed by atoms with E-state index in [9.17, 15) is 0 Å². The largest absolute Gasteiger partial charge is 0.360 e. The van der Waals surface area contributed by atoms with E-state index < -0.39 is 0 Å². The highest BCUT2D eigenvalue weighted by Gasteiger charge is 2.20. The number of hydrogen-bond donors (Lipinski definition) is 1. The maximum Gasteiger partial charge on any atom is 0.151 e. The summed E-state index contributed by atoms with van der Waals surface area (Å²) in [4.78, 5) is 4.97. The van der Waals surface area contributed by atoms with Crippen molar-refractivity contribution in [1.82, 2.24) is 20.3 Å². The molecule has 0 aromatic carbocycles. The third-order valence-corrected chi connectivity index (χ3v) is 3.92. The molecule has 0 unspecified atom stereocenters.